The number of phenols is 2. The quantitative estimate of drug-likeness (QED) is 0.640. The van der Waals surface area contributed by atoms with Gasteiger partial charge in [0, 0.05) is 28.5 Å². The SMILES string of the molecule is Oc1cc2c(c(Br)c1O)CCCCN2c1ccc(Br)cc1. The standard InChI is InChI=1S/C16H15Br2NO2/c17-10-4-6-11(7-5-10)19-8-2-1-3-12-13(19)9-14(20)16(21)15(12)18/h4-7,9,20-21H,1-3,8H2. The van der Waals surface area contributed by atoms with Gasteiger partial charge in [0.1, 0.15) is 0 Å². The van der Waals surface area contributed by atoms with E-state index in [2.05, 4.69) is 48.9 Å². The van der Waals surface area contributed by atoms with E-state index in [1.807, 2.05) is 12.1 Å². The lowest BCUT2D eigenvalue weighted by atomic mass is 10.1. The first-order valence-corrected chi connectivity index (χ1v) is 8.43. The van der Waals surface area contributed by atoms with E-state index in [0.29, 0.717) is 4.47 Å². The van der Waals surface area contributed by atoms with Gasteiger partial charge in [0.15, 0.2) is 11.5 Å². The van der Waals surface area contributed by atoms with E-state index in [-0.39, 0.29) is 11.5 Å². The molecule has 0 radical (unpaired) electrons. The summed E-state index contributed by atoms with van der Waals surface area (Å²) in [7, 11) is 0. The second kappa shape index (κ2) is 5.89. The molecule has 0 atom stereocenters. The molecule has 0 saturated heterocycles. The third-order valence-corrected chi connectivity index (χ3v) is 5.17. The second-order valence-electron chi connectivity index (χ2n) is 5.14. The summed E-state index contributed by atoms with van der Waals surface area (Å²) in [6.45, 7) is 0.894. The smallest absolute Gasteiger partial charge is 0.172 e. The third-order valence-electron chi connectivity index (χ3n) is 3.79. The first-order valence-electron chi connectivity index (χ1n) is 6.84. The van der Waals surface area contributed by atoms with Gasteiger partial charge in [-0.1, -0.05) is 15.9 Å². The van der Waals surface area contributed by atoms with E-state index < -0.39 is 0 Å². The lowest BCUT2D eigenvalue weighted by molar-refractivity contribution is 0.401. The molecule has 0 fully saturated rings. The maximum Gasteiger partial charge on any atom is 0.172 e. The number of anilines is 2. The highest BCUT2D eigenvalue weighted by molar-refractivity contribution is 9.10. The molecule has 0 unspecified atom stereocenters. The fourth-order valence-electron chi connectivity index (χ4n) is 2.71. The van der Waals surface area contributed by atoms with Crippen LogP contribution in [0.1, 0.15) is 18.4 Å². The maximum absolute atomic E-state index is 9.94. The molecule has 0 spiro atoms. The molecule has 2 aromatic carbocycles. The minimum Gasteiger partial charge on any atom is -0.504 e. The molecule has 110 valence electrons. The minimum atomic E-state index is -0.0929. The number of rotatable bonds is 1. The van der Waals surface area contributed by atoms with Crippen LogP contribution in [0.4, 0.5) is 11.4 Å². The molecule has 21 heavy (non-hydrogen) atoms. The van der Waals surface area contributed by atoms with Crippen molar-refractivity contribution in [2.75, 3.05) is 11.4 Å². The van der Waals surface area contributed by atoms with Gasteiger partial charge in [-0.05, 0) is 65.0 Å². The van der Waals surface area contributed by atoms with Crippen molar-refractivity contribution < 1.29 is 10.2 Å². The van der Waals surface area contributed by atoms with Crippen LogP contribution in [0.15, 0.2) is 39.3 Å². The molecule has 1 heterocycles. The van der Waals surface area contributed by atoms with Gasteiger partial charge in [0.05, 0.1) is 4.47 Å². The van der Waals surface area contributed by atoms with Crippen LogP contribution in [0, 0.1) is 0 Å². The predicted molar refractivity (Wildman–Crippen MR) is 91.6 cm³/mol. The topological polar surface area (TPSA) is 43.7 Å². The lowest BCUT2D eigenvalue weighted by Gasteiger charge is -2.26. The Labute approximate surface area is 140 Å². The number of aromatic hydroxyl groups is 2. The van der Waals surface area contributed by atoms with Crippen molar-refractivity contribution in [2.45, 2.75) is 19.3 Å². The molecule has 2 aromatic rings. The molecule has 2 N–H and O–H groups in total. The van der Waals surface area contributed by atoms with Crippen LogP contribution in [-0.2, 0) is 6.42 Å². The number of benzene rings is 2. The lowest BCUT2D eigenvalue weighted by Crippen LogP contribution is -2.17. The Morgan fingerprint density at radius 1 is 1.00 bits per heavy atom. The average Bonchev–Trinajstić information content (AvgIpc) is 2.68. The van der Waals surface area contributed by atoms with Crippen LogP contribution < -0.4 is 4.90 Å². The van der Waals surface area contributed by atoms with Gasteiger partial charge in [0.25, 0.3) is 0 Å². The summed E-state index contributed by atoms with van der Waals surface area (Å²) in [6, 6.07) is 9.78. The normalized spacial score (nSPS) is 14.7. The first kappa shape index (κ1) is 14.7. The van der Waals surface area contributed by atoms with E-state index in [0.717, 1.165) is 47.2 Å². The van der Waals surface area contributed by atoms with Crippen LogP contribution in [-0.4, -0.2) is 16.8 Å². The molecule has 0 amide bonds. The number of phenolic OH excluding ortho intramolecular Hbond substituents is 2. The van der Waals surface area contributed by atoms with Crippen LogP contribution in [0.3, 0.4) is 0 Å². The van der Waals surface area contributed by atoms with Crippen LogP contribution in [0.25, 0.3) is 0 Å². The monoisotopic (exact) mass is 411 g/mol. The highest BCUT2D eigenvalue weighted by Gasteiger charge is 2.22. The fraction of sp³-hybridized carbons (Fsp3) is 0.250. The first-order chi connectivity index (χ1) is 10.1. The molecular formula is C16H15Br2NO2. The van der Waals surface area contributed by atoms with Crippen molar-refractivity contribution in [1.82, 2.24) is 0 Å². The summed E-state index contributed by atoms with van der Waals surface area (Å²) in [5.41, 5.74) is 3.08. The Morgan fingerprint density at radius 2 is 1.71 bits per heavy atom. The molecule has 3 nitrogen and oxygen atoms in total. The summed E-state index contributed by atoms with van der Waals surface area (Å²) in [5, 5.41) is 19.9. The van der Waals surface area contributed by atoms with E-state index in [9.17, 15) is 10.2 Å². The summed E-state index contributed by atoms with van der Waals surface area (Å²) < 4.78 is 1.64. The number of nitrogens with zero attached hydrogens (tertiary/aromatic N) is 1. The van der Waals surface area contributed by atoms with Crippen LogP contribution in [0.2, 0.25) is 0 Å². The Balaban J connectivity index is 2.14. The second-order valence-corrected chi connectivity index (χ2v) is 6.85. The van der Waals surface area contributed by atoms with Crippen molar-refractivity contribution >= 4 is 43.2 Å². The van der Waals surface area contributed by atoms with E-state index in [1.165, 1.54) is 0 Å². The summed E-state index contributed by atoms with van der Waals surface area (Å²) in [4.78, 5) is 2.19. The highest BCUT2D eigenvalue weighted by atomic mass is 79.9. The van der Waals surface area contributed by atoms with Crippen molar-refractivity contribution in [3.05, 3.63) is 44.8 Å². The molecule has 0 aromatic heterocycles. The molecule has 0 bridgehead atoms. The summed E-state index contributed by atoms with van der Waals surface area (Å²) >= 11 is 6.87. The van der Waals surface area contributed by atoms with Crippen molar-refractivity contribution in [1.29, 1.82) is 0 Å². The Bertz CT molecular complexity index is 671. The fourth-order valence-corrected chi connectivity index (χ4v) is 3.58. The average molecular weight is 413 g/mol. The molecule has 3 rings (SSSR count). The number of fused-ring (bicyclic) bond motifs is 1. The van der Waals surface area contributed by atoms with E-state index >= 15 is 0 Å². The molecule has 1 aliphatic rings. The Hall–Kier alpha value is -1.20. The predicted octanol–water partition coefficient (Wildman–Crippen LogP) is 5.10. The zero-order valence-corrected chi connectivity index (χ0v) is 14.5. The number of hydrogen-bond acceptors (Lipinski definition) is 3. The molecular weight excluding hydrogens is 398 g/mol. The molecule has 5 heteroatoms. The van der Waals surface area contributed by atoms with Gasteiger partial charge in [-0.2, -0.15) is 0 Å². The number of hydrogen-bond donors (Lipinski definition) is 2. The van der Waals surface area contributed by atoms with Crippen LogP contribution >= 0.6 is 31.9 Å². The minimum absolute atomic E-state index is 0.0774. The van der Waals surface area contributed by atoms with E-state index in [4.69, 9.17) is 0 Å². The van der Waals surface area contributed by atoms with Gasteiger partial charge in [-0.25, -0.2) is 0 Å². The molecule has 1 aliphatic heterocycles. The third kappa shape index (κ3) is 2.77. The molecule has 0 saturated carbocycles. The van der Waals surface area contributed by atoms with Gasteiger partial charge in [0.2, 0.25) is 0 Å². The van der Waals surface area contributed by atoms with Gasteiger partial charge in [-0.3, -0.25) is 0 Å². The van der Waals surface area contributed by atoms with Crippen LogP contribution in [0.5, 0.6) is 11.5 Å². The summed E-state index contributed by atoms with van der Waals surface area (Å²) in [5.74, 6) is -0.170. The zero-order chi connectivity index (χ0) is 15.0. The van der Waals surface area contributed by atoms with Gasteiger partial charge in [-0.15, -0.1) is 0 Å². The number of halogens is 2. The highest BCUT2D eigenvalue weighted by Crippen LogP contribution is 2.45. The molecule has 0 aliphatic carbocycles. The zero-order valence-electron chi connectivity index (χ0n) is 11.3. The maximum atomic E-state index is 9.94. The van der Waals surface area contributed by atoms with Crippen molar-refractivity contribution in [3.8, 4) is 11.5 Å². The van der Waals surface area contributed by atoms with Gasteiger partial charge < -0.3 is 15.1 Å². The van der Waals surface area contributed by atoms with Crippen molar-refractivity contribution in [2.24, 2.45) is 0 Å². The van der Waals surface area contributed by atoms with E-state index in [1.54, 1.807) is 6.07 Å². The Morgan fingerprint density at radius 3 is 2.43 bits per heavy atom. The van der Waals surface area contributed by atoms with Crippen molar-refractivity contribution in [3.63, 3.8) is 0 Å². The Kier molecular flexibility index (Phi) is 4.13. The van der Waals surface area contributed by atoms with Gasteiger partial charge >= 0.3 is 0 Å². The largest absolute Gasteiger partial charge is 0.504 e. The summed E-state index contributed by atoms with van der Waals surface area (Å²) in [6.07, 6.45) is 3.01.